The number of fused-ring (bicyclic) bond motifs is 1. The molecular weight excluding hydrogens is 322 g/mol. The van der Waals surface area contributed by atoms with E-state index in [9.17, 15) is 0 Å². The molecule has 2 rings (SSSR count). The second-order valence-corrected chi connectivity index (χ2v) is 6.99. The molecule has 0 aliphatic carbocycles. The molecule has 0 saturated carbocycles. The molecule has 5 heteroatoms. The minimum atomic E-state index is 0.391. The molecule has 0 unspecified atom stereocenters. The number of hydrogen-bond acceptors (Lipinski definition) is 3. The van der Waals surface area contributed by atoms with E-state index in [1.807, 2.05) is 11.8 Å². The number of rotatable bonds is 6. The van der Waals surface area contributed by atoms with Crippen molar-refractivity contribution < 1.29 is 0 Å². The molecule has 1 aromatic heterocycles. The highest BCUT2D eigenvalue weighted by Crippen LogP contribution is 2.35. The third-order valence-electron chi connectivity index (χ3n) is 4.37. The normalized spacial score (nSPS) is 16.2. The van der Waals surface area contributed by atoms with Crippen LogP contribution >= 0.6 is 27.7 Å². The van der Waals surface area contributed by atoms with Crippen molar-refractivity contribution in [2.45, 2.75) is 64.1 Å². The van der Waals surface area contributed by atoms with Crippen LogP contribution in [0.3, 0.4) is 0 Å². The van der Waals surface area contributed by atoms with Gasteiger partial charge in [0.2, 0.25) is 0 Å². The van der Waals surface area contributed by atoms with Crippen molar-refractivity contribution in [3.8, 4) is 0 Å². The lowest BCUT2D eigenvalue weighted by Crippen LogP contribution is -2.24. The molecule has 0 bridgehead atoms. The standard InChI is InChI=1S/C14H24BrN3S/c1-3-14(4-2,10-15)11-19-13-17-16-12-8-6-5-7-9-18(12)13/h3-11H2,1-2H3. The minimum Gasteiger partial charge on any atom is -0.306 e. The van der Waals surface area contributed by atoms with Crippen LogP contribution in [0.5, 0.6) is 0 Å². The molecular formula is C14H24BrN3S. The molecule has 2 heterocycles. The molecule has 1 aliphatic heterocycles. The van der Waals surface area contributed by atoms with Gasteiger partial charge in [-0.1, -0.05) is 48.0 Å². The third-order valence-corrected chi connectivity index (χ3v) is 6.87. The molecule has 0 N–H and O–H groups in total. The maximum Gasteiger partial charge on any atom is 0.191 e. The molecule has 1 aliphatic rings. The summed E-state index contributed by atoms with van der Waals surface area (Å²) in [7, 11) is 0. The van der Waals surface area contributed by atoms with Crippen LogP contribution in [0.4, 0.5) is 0 Å². The van der Waals surface area contributed by atoms with Gasteiger partial charge in [-0.15, -0.1) is 10.2 Å². The number of hydrogen-bond donors (Lipinski definition) is 0. The topological polar surface area (TPSA) is 30.7 Å². The largest absolute Gasteiger partial charge is 0.306 e. The van der Waals surface area contributed by atoms with Crippen LogP contribution in [0.2, 0.25) is 0 Å². The third kappa shape index (κ3) is 3.54. The summed E-state index contributed by atoms with van der Waals surface area (Å²) in [6, 6.07) is 0. The first-order chi connectivity index (χ1) is 9.24. The zero-order valence-corrected chi connectivity index (χ0v) is 14.4. The molecule has 19 heavy (non-hydrogen) atoms. The highest BCUT2D eigenvalue weighted by atomic mass is 79.9. The summed E-state index contributed by atoms with van der Waals surface area (Å²) in [6.07, 6.45) is 7.37. The maximum absolute atomic E-state index is 4.41. The minimum absolute atomic E-state index is 0.391. The number of aryl methyl sites for hydroxylation is 1. The summed E-state index contributed by atoms with van der Waals surface area (Å²) in [4.78, 5) is 0. The number of aromatic nitrogens is 3. The van der Waals surface area contributed by atoms with Gasteiger partial charge in [0, 0.05) is 24.0 Å². The van der Waals surface area contributed by atoms with E-state index >= 15 is 0 Å². The molecule has 0 atom stereocenters. The summed E-state index contributed by atoms with van der Waals surface area (Å²) >= 11 is 5.58. The first kappa shape index (κ1) is 15.4. The van der Waals surface area contributed by atoms with E-state index in [1.54, 1.807) is 0 Å². The van der Waals surface area contributed by atoms with Gasteiger partial charge in [0.1, 0.15) is 5.82 Å². The Balaban J connectivity index is 2.05. The Labute approximate surface area is 129 Å². The molecule has 0 aromatic carbocycles. The lowest BCUT2D eigenvalue weighted by atomic mass is 9.87. The fourth-order valence-corrected chi connectivity index (χ4v) is 5.11. The fraction of sp³-hybridized carbons (Fsp3) is 0.857. The quantitative estimate of drug-likeness (QED) is 0.568. The van der Waals surface area contributed by atoms with E-state index in [-0.39, 0.29) is 0 Å². The second-order valence-electron chi connectivity index (χ2n) is 5.49. The molecule has 1 aromatic rings. The van der Waals surface area contributed by atoms with E-state index in [1.165, 1.54) is 37.9 Å². The van der Waals surface area contributed by atoms with Crippen molar-refractivity contribution in [1.29, 1.82) is 0 Å². The van der Waals surface area contributed by atoms with Crippen molar-refractivity contribution in [3.63, 3.8) is 0 Å². The van der Waals surface area contributed by atoms with E-state index in [4.69, 9.17) is 0 Å². The average Bonchev–Trinajstić information content (AvgIpc) is 2.69. The Kier molecular flexibility index (Phi) is 5.75. The summed E-state index contributed by atoms with van der Waals surface area (Å²) in [6.45, 7) is 5.68. The van der Waals surface area contributed by atoms with Crippen LogP contribution in [-0.4, -0.2) is 25.8 Å². The van der Waals surface area contributed by atoms with E-state index in [2.05, 4.69) is 44.5 Å². The Morgan fingerprint density at radius 3 is 2.68 bits per heavy atom. The van der Waals surface area contributed by atoms with Crippen LogP contribution in [0.15, 0.2) is 5.16 Å². The number of halogens is 1. The first-order valence-electron chi connectivity index (χ1n) is 7.35. The zero-order chi connectivity index (χ0) is 13.7. The Morgan fingerprint density at radius 2 is 2.00 bits per heavy atom. The average molecular weight is 346 g/mol. The molecule has 108 valence electrons. The van der Waals surface area contributed by atoms with Crippen LogP contribution in [0.1, 0.15) is 51.8 Å². The first-order valence-corrected chi connectivity index (χ1v) is 9.46. The number of nitrogens with zero attached hydrogens (tertiary/aromatic N) is 3. The highest BCUT2D eigenvalue weighted by Gasteiger charge is 2.26. The van der Waals surface area contributed by atoms with Gasteiger partial charge < -0.3 is 4.57 Å². The van der Waals surface area contributed by atoms with Crippen molar-refractivity contribution in [1.82, 2.24) is 14.8 Å². The van der Waals surface area contributed by atoms with Gasteiger partial charge >= 0.3 is 0 Å². The fourth-order valence-electron chi connectivity index (χ4n) is 2.46. The van der Waals surface area contributed by atoms with Crippen molar-refractivity contribution >= 4 is 27.7 Å². The maximum atomic E-state index is 4.41. The lowest BCUT2D eigenvalue weighted by Gasteiger charge is -2.28. The SMILES string of the molecule is CCC(CC)(CBr)CSc1nnc2n1CCCCC2. The molecule has 0 radical (unpaired) electrons. The van der Waals surface area contributed by atoms with Crippen molar-refractivity contribution in [3.05, 3.63) is 5.82 Å². The van der Waals surface area contributed by atoms with Crippen LogP contribution < -0.4 is 0 Å². The molecule has 0 fully saturated rings. The predicted molar refractivity (Wildman–Crippen MR) is 85.1 cm³/mol. The van der Waals surface area contributed by atoms with E-state index in [0.29, 0.717) is 5.41 Å². The number of thioether (sulfide) groups is 1. The van der Waals surface area contributed by atoms with Gasteiger partial charge in [-0.2, -0.15) is 0 Å². The monoisotopic (exact) mass is 345 g/mol. The van der Waals surface area contributed by atoms with E-state index in [0.717, 1.165) is 29.2 Å². The summed E-state index contributed by atoms with van der Waals surface area (Å²) in [5.41, 5.74) is 0.391. The van der Waals surface area contributed by atoms with Gasteiger partial charge in [0.25, 0.3) is 0 Å². The Bertz CT molecular complexity index is 393. The summed E-state index contributed by atoms with van der Waals surface area (Å²) in [5.74, 6) is 2.32. The van der Waals surface area contributed by atoms with Crippen LogP contribution in [0.25, 0.3) is 0 Å². The second kappa shape index (κ2) is 7.11. The lowest BCUT2D eigenvalue weighted by molar-refractivity contribution is 0.358. The van der Waals surface area contributed by atoms with Gasteiger partial charge in [0.15, 0.2) is 5.16 Å². The smallest absolute Gasteiger partial charge is 0.191 e. The summed E-state index contributed by atoms with van der Waals surface area (Å²) < 4.78 is 2.35. The van der Waals surface area contributed by atoms with Gasteiger partial charge in [-0.25, -0.2) is 0 Å². The van der Waals surface area contributed by atoms with E-state index < -0.39 is 0 Å². The highest BCUT2D eigenvalue weighted by molar-refractivity contribution is 9.09. The van der Waals surface area contributed by atoms with Gasteiger partial charge in [-0.3, -0.25) is 0 Å². The van der Waals surface area contributed by atoms with Crippen molar-refractivity contribution in [2.75, 3.05) is 11.1 Å². The Hall–Kier alpha value is -0.0300. The molecule has 3 nitrogen and oxygen atoms in total. The zero-order valence-electron chi connectivity index (χ0n) is 12.0. The van der Waals surface area contributed by atoms with Crippen molar-refractivity contribution in [2.24, 2.45) is 5.41 Å². The summed E-state index contributed by atoms with van der Waals surface area (Å²) in [5, 5.41) is 11.0. The number of alkyl halides is 1. The van der Waals surface area contributed by atoms with Crippen LogP contribution in [0, 0.1) is 5.41 Å². The molecule has 0 spiro atoms. The molecule has 0 saturated heterocycles. The Morgan fingerprint density at radius 1 is 1.21 bits per heavy atom. The van der Waals surface area contributed by atoms with Crippen LogP contribution in [-0.2, 0) is 13.0 Å². The van der Waals surface area contributed by atoms with Gasteiger partial charge in [0.05, 0.1) is 0 Å². The van der Waals surface area contributed by atoms with Gasteiger partial charge in [-0.05, 0) is 31.1 Å². The molecule has 0 amide bonds. The predicted octanol–water partition coefficient (Wildman–Crippen LogP) is 4.30.